The molecule has 1 N–H and O–H groups in total. The third-order valence-electron chi connectivity index (χ3n) is 5.10. The van der Waals surface area contributed by atoms with Gasteiger partial charge in [0.25, 0.3) is 11.6 Å². The third-order valence-corrected chi connectivity index (χ3v) is 6.46. The van der Waals surface area contributed by atoms with Crippen LogP contribution in [0.1, 0.15) is 28.4 Å². The first-order chi connectivity index (χ1) is 14.0. The summed E-state index contributed by atoms with van der Waals surface area (Å²) in [5.41, 5.74) is 1.71. The summed E-state index contributed by atoms with van der Waals surface area (Å²) >= 11 is 7.87. The minimum absolute atomic E-state index is 0.0674. The Hall–Kier alpha value is -2.29. The van der Waals surface area contributed by atoms with Gasteiger partial charge >= 0.3 is 0 Å². The summed E-state index contributed by atoms with van der Waals surface area (Å²) in [7, 11) is 0. The number of hydrogen-bond donors (Lipinski definition) is 1. The highest BCUT2D eigenvalue weighted by Crippen LogP contribution is 2.38. The van der Waals surface area contributed by atoms with Crippen LogP contribution in [0.25, 0.3) is 0 Å². The fourth-order valence-electron chi connectivity index (χ4n) is 3.64. The smallest absolute Gasteiger partial charge is 0.293 e. The fourth-order valence-corrected chi connectivity index (χ4v) is 4.93. The number of benzene rings is 2. The normalized spacial score (nSPS) is 18.8. The highest BCUT2D eigenvalue weighted by Gasteiger charge is 2.26. The molecule has 1 amide bonds. The van der Waals surface area contributed by atoms with Gasteiger partial charge in [0.15, 0.2) is 0 Å². The molecule has 1 unspecified atom stereocenters. The average molecular weight is 434 g/mol. The number of halogens is 1. The van der Waals surface area contributed by atoms with Crippen LogP contribution >= 0.6 is 23.4 Å². The largest absolute Gasteiger partial charge is 0.378 e. The van der Waals surface area contributed by atoms with E-state index in [4.69, 9.17) is 16.3 Å². The molecule has 2 aromatic carbocycles. The molecular formula is C20H20ClN3O4S. The number of morpholine rings is 1. The van der Waals surface area contributed by atoms with Crippen LogP contribution in [0, 0.1) is 10.1 Å². The van der Waals surface area contributed by atoms with Crippen molar-refractivity contribution in [2.75, 3.05) is 37.0 Å². The van der Waals surface area contributed by atoms with E-state index in [1.807, 2.05) is 23.1 Å². The molecule has 4 rings (SSSR count). The second-order valence-corrected chi connectivity index (χ2v) is 8.48. The Morgan fingerprint density at radius 2 is 2.03 bits per heavy atom. The van der Waals surface area contributed by atoms with Crippen molar-refractivity contribution in [1.82, 2.24) is 5.32 Å². The molecule has 29 heavy (non-hydrogen) atoms. The molecule has 2 heterocycles. The predicted octanol–water partition coefficient (Wildman–Crippen LogP) is 4.05. The van der Waals surface area contributed by atoms with E-state index in [1.54, 1.807) is 23.9 Å². The topological polar surface area (TPSA) is 84.7 Å². The van der Waals surface area contributed by atoms with E-state index in [-0.39, 0.29) is 23.2 Å². The summed E-state index contributed by atoms with van der Waals surface area (Å²) in [4.78, 5) is 27.1. The molecule has 0 saturated carbocycles. The SMILES string of the molecule is O=C(NC1CCSc2ccc(Cl)cc21)c1ccc(N2CCOCC2)c([N+](=O)[O-])c1. The molecule has 0 aromatic heterocycles. The van der Waals surface area contributed by atoms with Crippen molar-refractivity contribution in [2.45, 2.75) is 17.4 Å². The third kappa shape index (κ3) is 4.34. The zero-order chi connectivity index (χ0) is 20.4. The Labute approximate surface area is 177 Å². The number of hydrogen-bond acceptors (Lipinski definition) is 6. The van der Waals surface area contributed by atoms with Crippen LogP contribution in [0.3, 0.4) is 0 Å². The average Bonchev–Trinajstić information content (AvgIpc) is 2.74. The number of fused-ring (bicyclic) bond motifs is 1. The van der Waals surface area contributed by atoms with E-state index in [2.05, 4.69) is 5.32 Å². The Kier molecular flexibility index (Phi) is 5.94. The van der Waals surface area contributed by atoms with Crippen LogP contribution in [-0.2, 0) is 4.74 Å². The molecule has 0 spiro atoms. The maximum atomic E-state index is 12.9. The molecule has 0 radical (unpaired) electrons. The van der Waals surface area contributed by atoms with Gasteiger partial charge in [0.2, 0.25) is 0 Å². The second-order valence-electron chi connectivity index (χ2n) is 6.91. The van der Waals surface area contributed by atoms with Crippen molar-refractivity contribution in [3.8, 4) is 0 Å². The van der Waals surface area contributed by atoms with Gasteiger partial charge in [-0.2, -0.15) is 0 Å². The lowest BCUT2D eigenvalue weighted by atomic mass is 10.0. The van der Waals surface area contributed by atoms with Gasteiger partial charge in [-0.1, -0.05) is 11.6 Å². The molecule has 7 nitrogen and oxygen atoms in total. The van der Waals surface area contributed by atoms with Gasteiger partial charge < -0.3 is 15.0 Å². The summed E-state index contributed by atoms with van der Waals surface area (Å²) in [6, 6.07) is 10.2. The van der Waals surface area contributed by atoms with Gasteiger partial charge in [-0.25, -0.2) is 0 Å². The lowest BCUT2D eigenvalue weighted by Gasteiger charge is -2.28. The Morgan fingerprint density at radius 3 is 2.79 bits per heavy atom. The maximum absolute atomic E-state index is 12.9. The number of nitrogens with zero attached hydrogens (tertiary/aromatic N) is 2. The molecule has 2 aliphatic rings. The van der Waals surface area contributed by atoms with E-state index in [0.29, 0.717) is 37.0 Å². The fraction of sp³-hybridized carbons (Fsp3) is 0.350. The first-order valence-electron chi connectivity index (χ1n) is 9.37. The molecule has 2 aromatic rings. The number of amides is 1. The van der Waals surface area contributed by atoms with Gasteiger partial charge in [-0.3, -0.25) is 14.9 Å². The number of rotatable bonds is 4. The van der Waals surface area contributed by atoms with Crippen LogP contribution < -0.4 is 10.2 Å². The summed E-state index contributed by atoms with van der Waals surface area (Å²) in [5, 5.41) is 15.3. The summed E-state index contributed by atoms with van der Waals surface area (Å²) in [5.74, 6) is 0.555. The number of carbonyl (C=O) groups excluding carboxylic acids is 1. The highest BCUT2D eigenvalue weighted by molar-refractivity contribution is 7.99. The summed E-state index contributed by atoms with van der Waals surface area (Å²) < 4.78 is 5.32. The molecule has 152 valence electrons. The van der Waals surface area contributed by atoms with Crippen molar-refractivity contribution in [3.63, 3.8) is 0 Å². The number of thioether (sulfide) groups is 1. The van der Waals surface area contributed by atoms with Gasteiger partial charge in [0.05, 0.1) is 24.2 Å². The maximum Gasteiger partial charge on any atom is 0.293 e. The Bertz CT molecular complexity index is 949. The standard InChI is InChI=1S/C20H20ClN3O4S/c21-14-2-4-19-15(12-14)16(5-10-29-19)22-20(25)13-1-3-17(18(11-13)24(26)27)23-6-8-28-9-7-23/h1-4,11-12,16H,5-10H2,(H,22,25). The molecule has 2 aliphatic heterocycles. The molecule has 1 fully saturated rings. The van der Waals surface area contributed by atoms with Crippen LogP contribution in [0.5, 0.6) is 0 Å². The van der Waals surface area contributed by atoms with Crippen molar-refractivity contribution in [1.29, 1.82) is 0 Å². The van der Waals surface area contributed by atoms with Crippen molar-refractivity contribution < 1.29 is 14.5 Å². The van der Waals surface area contributed by atoms with E-state index < -0.39 is 4.92 Å². The number of nitro benzene ring substituents is 1. The minimum Gasteiger partial charge on any atom is -0.378 e. The minimum atomic E-state index is -0.437. The summed E-state index contributed by atoms with van der Waals surface area (Å²) in [6.07, 6.45) is 0.775. The summed E-state index contributed by atoms with van der Waals surface area (Å²) in [6.45, 7) is 2.23. The van der Waals surface area contributed by atoms with E-state index in [9.17, 15) is 14.9 Å². The van der Waals surface area contributed by atoms with Crippen LogP contribution in [-0.4, -0.2) is 42.9 Å². The highest BCUT2D eigenvalue weighted by atomic mass is 35.5. The van der Waals surface area contributed by atoms with Crippen LogP contribution in [0.4, 0.5) is 11.4 Å². The Balaban J connectivity index is 1.57. The van der Waals surface area contributed by atoms with Gasteiger partial charge in [-0.05, 0) is 42.3 Å². The second kappa shape index (κ2) is 8.61. The zero-order valence-corrected chi connectivity index (χ0v) is 17.2. The zero-order valence-electron chi connectivity index (χ0n) is 15.6. The van der Waals surface area contributed by atoms with Gasteiger partial charge in [0.1, 0.15) is 5.69 Å². The van der Waals surface area contributed by atoms with Crippen LogP contribution in [0.15, 0.2) is 41.3 Å². The first-order valence-corrected chi connectivity index (χ1v) is 10.7. The monoisotopic (exact) mass is 433 g/mol. The number of nitrogens with one attached hydrogen (secondary N) is 1. The van der Waals surface area contributed by atoms with Gasteiger partial charge in [-0.15, -0.1) is 11.8 Å². The molecule has 0 aliphatic carbocycles. The molecule has 1 saturated heterocycles. The number of carbonyl (C=O) groups is 1. The number of ether oxygens (including phenoxy) is 1. The number of nitro groups is 1. The molecule has 9 heteroatoms. The van der Waals surface area contributed by atoms with E-state index >= 15 is 0 Å². The van der Waals surface area contributed by atoms with Crippen molar-refractivity contribution >= 4 is 40.6 Å². The number of anilines is 1. The Morgan fingerprint density at radius 1 is 1.24 bits per heavy atom. The van der Waals surface area contributed by atoms with Crippen molar-refractivity contribution in [2.24, 2.45) is 0 Å². The van der Waals surface area contributed by atoms with Gasteiger partial charge in [0, 0.05) is 40.4 Å². The molecule has 1 atom stereocenters. The lowest BCUT2D eigenvalue weighted by Crippen LogP contribution is -2.36. The quantitative estimate of drug-likeness (QED) is 0.578. The first kappa shape index (κ1) is 20.0. The molecule has 0 bridgehead atoms. The van der Waals surface area contributed by atoms with Crippen LogP contribution in [0.2, 0.25) is 5.02 Å². The van der Waals surface area contributed by atoms with Crippen molar-refractivity contribution in [3.05, 3.63) is 62.7 Å². The predicted molar refractivity (Wildman–Crippen MR) is 113 cm³/mol. The molecular weight excluding hydrogens is 414 g/mol. The van der Waals surface area contributed by atoms with E-state index in [0.717, 1.165) is 22.6 Å². The van der Waals surface area contributed by atoms with E-state index in [1.165, 1.54) is 6.07 Å². The lowest BCUT2D eigenvalue weighted by molar-refractivity contribution is -0.384.